The standard InChI is InChI=1S/C26H23ClN4O3.CH2O/c1-3-28-30(20-12-14-21(15-13-20)31(33)34)25-17(2)8-9-18-10-11-19(16-23(18)25)29-26(32)22-6-4-5-7-24(22)27;1-2/h3-7,10-16H,8-9H2,1-2H3,(H,29,32);1H2/b28-3+;. The van der Waals surface area contributed by atoms with Crippen molar-refractivity contribution in [3.8, 4) is 0 Å². The van der Waals surface area contributed by atoms with Crippen molar-refractivity contribution in [2.75, 3.05) is 10.3 Å². The highest BCUT2D eigenvalue weighted by Crippen LogP contribution is 2.38. The normalized spacial score (nSPS) is 12.4. The molecule has 1 aliphatic rings. The number of hydrazone groups is 1. The molecule has 0 radical (unpaired) electrons. The van der Waals surface area contributed by atoms with E-state index >= 15 is 0 Å². The van der Waals surface area contributed by atoms with Crippen LogP contribution in [-0.4, -0.2) is 23.8 Å². The molecule has 0 fully saturated rings. The highest BCUT2D eigenvalue weighted by Gasteiger charge is 2.24. The molecular formula is C27H25ClN4O4. The average molecular weight is 505 g/mol. The molecule has 3 aromatic carbocycles. The molecule has 0 bridgehead atoms. The number of carbonyl (C=O) groups is 2. The molecule has 0 unspecified atom stereocenters. The quantitative estimate of drug-likeness (QED) is 0.234. The summed E-state index contributed by atoms with van der Waals surface area (Å²) in [7, 11) is 0. The third-order valence-corrected chi connectivity index (χ3v) is 5.99. The maximum Gasteiger partial charge on any atom is 0.269 e. The molecule has 8 nitrogen and oxygen atoms in total. The van der Waals surface area contributed by atoms with E-state index in [4.69, 9.17) is 16.4 Å². The van der Waals surface area contributed by atoms with Gasteiger partial charge in [0, 0.05) is 29.6 Å². The zero-order valence-electron chi connectivity index (χ0n) is 19.9. The largest absolute Gasteiger partial charge is 0.322 e. The predicted octanol–water partition coefficient (Wildman–Crippen LogP) is 6.51. The van der Waals surface area contributed by atoms with E-state index < -0.39 is 4.92 Å². The van der Waals surface area contributed by atoms with Crippen LogP contribution in [0.2, 0.25) is 5.02 Å². The van der Waals surface area contributed by atoms with Gasteiger partial charge in [-0.25, -0.2) is 5.01 Å². The Balaban J connectivity index is 0.00000176. The van der Waals surface area contributed by atoms with Gasteiger partial charge in [0.1, 0.15) is 6.79 Å². The topological polar surface area (TPSA) is 105 Å². The summed E-state index contributed by atoms with van der Waals surface area (Å²) in [5, 5.41) is 20.8. The summed E-state index contributed by atoms with van der Waals surface area (Å²) in [4.78, 5) is 31.5. The first-order chi connectivity index (χ1) is 17.4. The molecule has 9 heteroatoms. The van der Waals surface area contributed by atoms with E-state index in [-0.39, 0.29) is 11.6 Å². The van der Waals surface area contributed by atoms with Crippen molar-refractivity contribution in [1.82, 2.24) is 0 Å². The Labute approximate surface area is 214 Å². The van der Waals surface area contributed by atoms with Crippen LogP contribution in [0.15, 0.2) is 77.4 Å². The van der Waals surface area contributed by atoms with Gasteiger partial charge in [-0.15, -0.1) is 0 Å². The first-order valence-electron chi connectivity index (χ1n) is 11.1. The monoisotopic (exact) mass is 504 g/mol. The third-order valence-electron chi connectivity index (χ3n) is 5.66. The minimum Gasteiger partial charge on any atom is -0.322 e. The molecule has 3 aromatic rings. The van der Waals surface area contributed by atoms with Crippen molar-refractivity contribution in [2.45, 2.75) is 26.7 Å². The Morgan fingerprint density at radius 1 is 1.11 bits per heavy atom. The Kier molecular flexibility index (Phi) is 8.70. The van der Waals surface area contributed by atoms with Crippen LogP contribution in [-0.2, 0) is 11.2 Å². The number of hydrogen-bond donors (Lipinski definition) is 1. The van der Waals surface area contributed by atoms with Gasteiger partial charge < -0.3 is 10.1 Å². The lowest BCUT2D eigenvalue weighted by Crippen LogP contribution is -2.21. The van der Waals surface area contributed by atoms with Gasteiger partial charge in [-0.3, -0.25) is 14.9 Å². The lowest BCUT2D eigenvalue weighted by Gasteiger charge is -2.30. The zero-order valence-corrected chi connectivity index (χ0v) is 20.7. The molecule has 0 aromatic heterocycles. The zero-order chi connectivity index (χ0) is 26.2. The van der Waals surface area contributed by atoms with Gasteiger partial charge in [0.15, 0.2) is 0 Å². The number of benzene rings is 3. The summed E-state index contributed by atoms with van der Waals surface area (Å²) in [5.41, 5.74) is 5.86. The number of anilines is 2. The molecule has 0 spiro atoms. The summed E-state index contributed by atoms with van der Waals surface area (Å²) in [6, 6.07) is 19.0. The summed E-state index contributed by atoms with van der Waals surface area (Å²) in [5.74, 6) is -0.289. The summed E-state index contributed by atoms with van der Waals surface area (Å²) < 4.78 is 0. The average Bonchev–Trinajstić information content (AvgIpc) is 2.89. The SMILES string of the molecule is C/C=N/N(C1=C(C)CCc2ccc(NC(=O)c3ccccc3Cl)cc21)c1ccc([N+](=O)[O-])cc1.C=O. The number of halogens is 1. The van der Waals surface area contributed by atoms with Crippen LogP contribution < -0.4 is 10.3 Å². The number of allylic oxidation sites excluding steroid dienone is 1. The molecule has 0 saturated heterocycles. The molecular weight excluding hydrogens is 480 g/mol. The van der Waals surface area contributed by atoms with Crippen LogP contribution in [0.5, 0.6) is 0 Å². The minimum absolute atomic E-state index is 0.0171. The predicted molar refractivity (Wildman–Crippen MR) is 144 cm³/mol. The highest BCUT2D eigenvalue weighted by molar-refractivity contribution is 6.34. The van der Waals surface area contributed by atoms with E-state index in [1.54, 1.807) is 47.6 Å². The molecule has 36 heavy (non-hydrogen) atoms. The van der Waals surface area contributed by atoms with Gasteiger partial charge in [-0.05, 0) is 74.2 Å². The fraction of sp³-hybridized carbons (Fsp3) is 0.148. The minimum atomic E-state index is -0.425. The van der Waals surface area contributed by atoms with Crippen LogP contribution in [0, 0.1) is 10.1 Å². The van der Waals surface area contributed by atoms with Gasteiger partial charge in [-0.2, -0.15) is 5.10 Å². The maximum absolute atomic E-state index is 12.8. The van der Waals surface area contributed by atoms with Crippen LogP contribution in [0.1, 0.15) is 41.8 Å². The van der Waals surface area contributed by atoms with Crippen molar-refractivity contribution < 1.29 is 14.5 Å². The van der Waals surface area contributed by atoms with E-state index in [1.165, 1.54) is 12.1 Å². The first kappa shape index (κ1) is 26.3. The fourth-order valence-corrected chi connectivity index (χ4v) is 4.21. The number of aryl methyl sites for hydroxylation is 1. The van der Waals surface area contributed by atoms with Gasteiger partial charge in [0.2, 0.25) is 0 Å². The number of carbonyl (C=O) groups excluding carboxylic acids is 2. The lowest BCUT2D eigenvalue weighted by atomic mass is 9.89. The number of nitro benzene ring substituents is 1. The number of rotatable bonds is 6. The Bertz CT molecular complexity index is 1340. The highest BCUT2D eigenvalue weighted by atomic mass is 35.5. The van der Waals surface area contributed by atoms with E-state index in [0.29, 0.717) is 22.0 Å². The van der Waals surface area contributed by atoms with Crippen molar-refractivity contribution >= 4 is 53.3 Å². The number of nitrogens with one attached hydrogen (secondary N) is 1. The number of fused-ring (bicyclic) bond motifs is 1. The van der Waals surface area contributed by atoms with E-state index in [9.17, 15) is 14.9 Å². The molecule has 1 amide bonds. The number of amides is 1. The molecule has 0 aliphatic heterocycles. The molecule has 0 saturated carbocycles. The molecule has 184 valence electrons. The lowest BCUT2D eigenvalue weighted by molar-refractivity contribution is -0.384. The van der Waals surface area contributed by atoms with Gasteiger partial charge in [0.05, 0.1) is 26.9 Å². The summed E-state index contributed by atoms with van der Waals surface area (Å²) in [6.45, 7) is 5.87. The van der Waals surface area contributed by atoms with Crippen molar-refractivity contribution in [1.29, 1.82) is 0 Å². The van der Waals surface area contributed by atoms with Crippen LogP contribution in [0.25, 0.3) is 5.70 Å². The maximum atomic E-state index is 12.8. The fourth-order valence-electron chi connectivity index (χ4n) is 3.99. The second kappa shape index (κ2) is 11.9. The number of non-ortho nitro benzene ring substituents is 1. The summed E-state index contributed by atoms with van der Waals surface area (Å²) in [6.07, 6.45) is 3.41. The van der Waals surface area contributed by atoms with E-state index in [1.807, 2.05) is 31.9 Å². The molecule has 1 aliphatic carbocycles. The molecule has 0 atom stereocenters. The van der Waals surface area contributed by atoms with Crippen molar-refractivity contribution in [3.05, 3.63) is 104 Å². The van der Waals surface area contributed by atoms with E-state index in [2.05, 4.69) is 17.3 Å². The van der Waals surface area contributed by atoms with Crippen LogP contribution in [0.3, 0.4) is 0 Å². The van der Waals surface area contributed by atoms with Gasteiger partial charge in [0.25, 0.3) is 11.6 Å². The van der Waals surface area contributed by atoms with Crippen LogP contribution in [0.4, 0.5) is 17.1 Å². The van der Waals surface area contributed by atoms with Crippen molar-refractivity contribution in [3.63, 3.8) is 0 Å². The summed E-state index contributed by atoms with van der Waals surface area (Å²) >= 11 is 6.18. The smallest absolute Gasteiger partial charge is 0.269 e. The Morgan fingerprint density at radius 2 is 1.81 bits per heavy atom. The van der Waals surface area contributed by atoms with Crippen LogP contribution >= 0.6 is 11.6 Å². The van der Waals surface area contributed by atoms with Crippen molar-refractivity contribution in [2.24, 2.45) is 5.10 Å². The van der Waals surface area contributed by atoms with Gasteiger partial charge >= 0.3 is 0 Å². The Morgan fingerprint density at radius 3 is 2.44 bits per heavy atom. The number of nitrogens with zero attached hydrogens (tertiary/aromatic N) is 3. The van der Waals surface area contributed by atoms with Gasteiger partial charge in [-0.1, -0.05) is 29.8 Å². The Hall–Kier alpha value is -4.30. The number of nitro groups is 1. The first-order valence-corrected chi connectivity index (χ1v) is 11.5. The molecule has 4 rings (SSSR count). The second-order valence-corrected chi connectivity index (χ2v) is 8.30. The second-order valence-electron chi connectivity index (χ2n) is 7.89. The van der Waals surface area contributed by atoms with E-state index in [0.717, 1.165) is 35.2 Å². The molecule has 0 heterocycles. The number of hydrogen-bond acceptors (Lipinski definition) is 6. The third kappa shape index (κ3) is 5.67. The molecule has 1 N–H and O–H groups in total.